The zero-order valence-corrected chi connectivity index (χ0v) is 12.9. The number of carboxylic acids is 1. The minimum Gasteiger partial charge on any atom is -0.481 e. The Morgan fingerprint density at radius 2 is 1.30 bits per heavy atom. The van der Waals surface area contributed by atoms with Gasteiger partial charge in [-0.05, 0) is 38.5 Å². The first kappa shape index (κ1) is 19.4. The maximum absolute atomic E-state index is 10.3. The molecule has 0 rings (SSSR count). The molecular weight excluding hydrogens is 256 g/mol. The van der Waals surface area contributed by atoms with Crippen LogP contribution in [0.5, 0.6) is 0 Å². The van der Waals surface area contributed by atoms with Crippen molar-refractivity contribution in [3.05, 3.63) is 0 Å². The average Bonchev–Trinajstić information content (AvgIpc) is 2.37. The molecule has 120 valence electrons. The number of unbranched alkanes of at least 4 members (excludes halogenated alkanes) is 4. The summed E-state index contributed by atoms with van der Waals surface area (Å²) in [7, 11) is 0. The van der Waals surface area contributed by atoms with Crippen molar-refractivity contribution >= 4 is 5.97 Å². The molecule has 0 spiro atoms. The number of carbonyl (C=O) groups is 1. The Kier molecular flexibility index (Phi) is 13.0. The van der Waals surface area contributed by atoms with E-state index in [1.165, 1.54) is 0 Å². The molecule has 0 aromatic carbocycles. The van der Waals surface area contributed by atoms with Crippen LogP contribution in [0.15, 0.2) is 0 Å². The molecule has 2 unspecified atom stereocenters. The van der Waals surface area contributed by atoms with Crippen molar-refractivity contribution in [3.8, 4) is 0 Å². The predicted octanol–water partition coefficient (Wildman–Crippen LogP) is 3.49. The van der Waals surface area contributed by atoms with Gasteiger partial charge in [-0.3, -0.25) is 4.79 Å². The molecule has 4 nitrogen and oxygen atoms in total. The Balaban J connectivity index is 3.28. The number of hydrogen-bond donors (Lipinski definition) is 3. The predicted molar refractivity (Wildman–Crippen MR) is 80.7 cm³/mol. The van der Waals surface area contributed by atoms with Gasteiger partial charge in [-0.1, -0.05) is 39.0 Å². The van der Waals surface area contributed by atoms with E-state index in [2.05, 4.69) is 6.92 Å². The molecular formula is C16H32O4. The quantitative estimate of drug-likeness (QED) is 0.428. The van der Waals surface area contributed by atoms with E-state index in [-0.39, 0.29) is 18.6 Å². The van der Waals surface area contributed by atoms with Gasteiger partial charge in [0, 0.05) is 6.42 Å². The Bertz CT molecular complexity index is 231. The lowest BCUT2D eigenvalue weighted by atomic mass is 10.0. The normalized spacial score (nSPS) is 14.2. The van der Waals surface area contributed by atoms with Crippen molar-refractivity contribution in [2.24, 2.45) is 0 Å². The van der Waals surface area contributed by atoms with Crippen molar-refractivity contribution in [1.82, 2.24) is 0 Å². The number of aliphatic hydroxyl groups excluding tert-OH is 2. The fraction of sp³-hybridized carbons (Fsp3) is 0.938. The average molecular weight is 288 g/mol. The van der Waals surface area contributed by atoms with Crippen LogP contribution in [0.25, 0.3) is 0 Å². The first-order valence-electron chi connectivity index (χ1n) is 8.14. The van der Waals surface area contributed by atoms with Gasteiger partial charge in [-0.2, -0.15) is 0 Å². The summed E-state index contributed by atoms with van der Waals surface area (Å²) in [5.41, 5.74) is 0. The monoisotopic (exact) mass is 288 g/mol. The van der Waals surface area contributed by atoms with Crippen LogP contribution in [0, 0.1) is 0 Å². The van der Waals surface area contributed by atoms with E-state index >= 15 is 0 Å². The lowest BCUT2D eigenvalue weighted by Gasteiger charge is -2.12. The number of carboxylic acid groups (broad SMARTS) is 1. The van der Waals surface area contributed by atoms with Crippen LogP contribution in [0.2, 0.25) is 0 Å². The van der Waals surface area contributed by atoms with E-state index in [4.69, 9.17) is 5.11 Å². The lowest BCUT2D eigenvalue weighted by molar-refractivity contribution is -0.137. The third kappa shape index (κ3) is 13.8. The van der Waals surface area contributed by atoms with Gasteiger partial charge in [0.15, 0.2) is 0 Å². The Morgan fingerprint density at radius 1 is 0.800 bits per heavy atom. The Hall–Kier alpha value is -0.610. The van der Waals surface area contributed by atoms with Crippen LogP contribution < -0.4 is 0 Å². The summed E-state index contributed by atoms with van der Waals surface area (Å²) >= 11 is 0. The second kappa shape index (κ2) is 13.4. The minimum atomic E-state index is -0.717. The highest BCUT2D eigenvalue weighted by atomic mass is 16.4. The third-order valence-corrected chi connectivity index (χ3v) is 3.62. The topological polar surface area (TPSA) is 77.8 Å². The molecule has 0 aliphatic heterocycles. The smallest absolute Gasteiger partial charge is 0.303 e. The van der Waals surface area contributed by atoms with Crippen LogP contribution in [-0.2, 0) is 4.79 Å². The summed E-state index contributed by atoms with van der Waals surface area (Å²) in [4.78, 5) is 10.3. The van der Waals surface area contributed by atoms with Crippen LogP contribution >= 0.6 is 0 Å². The van der Waals surface area contributed by atoms with Gasteiger partial charge >= 0.3 is 5.97 Å². The Morgan fingerprint density at radius 3 is 1.90 bits per heavy atom. The zero-order valence-electron chi connectivity index (χ0n) is 12.9. The fourth-order valence-electron chi connectivity index (χ4n) is 2.40. The molecule has 0 aliphatic carbocycles. The molecule has 20 heavy (non-hydrogen) atoms. The maximum atomic E-state index is 10.3. The SMILES string of the molecule is CCCC(O)CCCC(O)CCCCCCCC(=O)O. The summed E-state index contributed by atoms with van der Waals surface area (Å²) in [6.45, 7) is 2.06. The van der Waals surface area contributed by atoms with Gasteiger partial charge in [-0.25, -0.2) is 0 Å². The highest BCUT2D eigenvalue weighted by molar-refractivity contribution is 5.66. The molecule has 0 fully saturated rings. The van der Waals surface area contributed by atoms with E-state index in [9.17, 15) is 15.0 Å². The van der Waals surface area contributed by atoms with Crippen molar-refractivity contribution < 1.29 is 20.1 Å². The van der Waals surface area contributed by atoms with Crippen molar-refractivity contribution in [1.29, 1.82) is 0 Å². The summed E-state index contributed by atoms with van der Waals surface area (Å²) in [6.07, 6.45) is 9.79. The third-order valence-electron chi connectivity index (χ3n) is 3.62. The fourth-order valence-corrected chi connectivity index (χ4v) is 2.40. The molecule has 0 heterocycles. The second-order valence-corrected chi connectivity index (χ2v) is 5.73. The second-order valence-electron chi connectivity index (χ2n) is 5.73. The van der Waals surface area contributed by atoms with E-state index in [0.717, 1.165) is 70.6 Å². The summed E-state index contributed by atoms with van der Waals surface area (Å²) in [5.74, 6) is -0.717. The zero-order chi connectivity index (χ0) is 15.2. The summed E-state index contributed by atoms with van der Waals surface area (Å²) < 4.78 is 0. The molecule has 0 aromatic rings. The van der Waals surface area contributed by atoms with Gasteiger partial charge in [0.25, 0.3) is 0 Å². The first-order valence-corrected chi connectivity index (χ1v) is 8.14. The largest absolute Gasteiger partial charge is 0.481 e. The van der Waals surface area contributed by atoms with Crippen LogP contribution in [0.3, 0.4) is 0 Å². The van der Waals surface area contributed by atoms with E-state index in [0.29, 0.717) is 0 Å². The summed E-state index contributed by atoms with van der Waals surface area (Å²) in [6, 6.07) is 0. The molecule has 0 aliphatic rings. The number of aliphatic carboxylic acids is 1. The lowest BCUT2D eigenvalue weighted by Crippen LogP contribution is -2.10. The standard InChI is InChI=1S/C16H32O4/c1-2-9-14(17)11-8-12-15(18)10-6-4-3-5-7-13-16(19)20/h14-15,17-18H,2-13H2,1H3,(H,19,20). The van der Waals surface area contributed by atoms with Crippen molar-refractivity contribution in [3.63, 3.8) is 0 Å². The van der Waals surface area contributed by atoms with E-state index in [1.807, 2.05) is 0 Å². The highest BCUT2D eigenvalue weighted by Crippen LogP contribution is 2.14. The molecule has 0 saturated heterocycles. The maximum Gasteiger partial charge on any atom is 0.303 e. The molecule has 0 radical (unpaired) electrons. The van der Waals surface area contributed by atoms with E-state index < -0.39 is 5.97 Å². The van der Waals surface area contributed by atoms with Crippen LogP contribution in [0.4, 0.5) is 0 Å². The number of rotatable bonds is 14. The molecule has 0 bridgehead atoms. The number of hydrogen-bond acceptors (Lipinski definition) is 3. The van der Waals surface area contributed by atoms with Gasteiger partial charge in [0.1, 0.15) is 0 Å². The van der Waals surface area contributed by atoms with Crippen molar-refractivity contribution in [2.75, 3.05) is 0 Å². The van der Waals surface area contributed by atoms with Gasteiger partial charge in [0.2, 0.25) is 0 Å². The van der Waals surface area contributed by atoms with Crippen LogP contribution in [0.1, 0.15) is 84.0 Å². The molecule has 3 N–H and O–H groups in total. The van der Waals surface area contributed by atoms with Gasteiger partial charge in [-0.15, -0.1) is 0 Å². The van der Waals surface area contributed by atoms with Crippen molar-refractivity contribution in [2.45, 2.75) is 96.2 Å². The molecule has 0 amide bonds. The highest BCUT2D eigenvalue weighted by Gasteiger charge is 2.07. The first-order chi connectivity index (χ1) is 9.56. The van der Waals surface area contributed by atoms with E-state index in [1.54, 1.807) is 0 Å². The molecule has 0 aromatic heterocycles. The molecule has 0 saturated carbocycles. The molecule has 4 heteroatoms. The number of aliphatic hydroxyl groups is 2. The Labute approximate surface area is 123 Å². The van der Waals surface area contributed by atoms with Gasteiger partial charge < -0.3 is 15.3 Å². The van der Waals surface area contributed by atoms with Crippen LogP contribution in [-0.4, -0.2) is 33.5 Å². The van der Waals surface area contributed by atoms with Gasteiger partial charge in [0.05, 0.1) is 12.2 Å². The minimum absolute atomic E-state index is 0.207. The molecule has 2 atom stereocenters. The summed E-state index contributed by atoms with van der Waals surface area (Å²) in [5, 5.41) is 27.9.